The van der Waals surface area contributed by atoms with Gasteiger partial charge in [-0.05, 0) is 31.4 Å². The average Bonchev–Trinajstić information content (AvgIpc) is 2.37. The Morgan fingerprint density at radius 1 is 1.50 bits per heavy atom. The highest BCUT2D eigenvalue weighted by Crippen LogP contribution is 2.32. The second-order valence-electron chi connectivity index (χ2n) is 4.29. The highest BCUT2D eigenvalue weighted by Gasteiger charge is 2.22. The van der Waals surface area contributed by atoms with Gasteiger partial charge in [-0.15, -0.1) is 11.3 Å². The van der Waals surface area contributed by atoms with Crippen molar-refractivity contribution in [2.24, 2.45) is 5.92 Å². The Labute approximate surface area is 89.1 Å². The van der Waals surface area contributed by atoms with Crippen molar-refractivity contribution in [3.8, 4) is 0 Å². The Kier molecular flexibility index (Phi) is 2.73. The van der Waals surface area contributed by atoms with Crippen LogP contribution in [0, 0.1) is 19.8 Å². The van der Waals surface area contributed by atoms with E-state index in [0.29, 0.717) is 11.7 Å². The van der Waals surface area contributed by atoms with Gasteiger partial charge in [-0.25, -0.2) is 0 Å². The zero-order chi connectivity index (χ0) is 10.1. The molecule has 0 saturated heterocycles. The zero-order valence-electron chi connectivity index (χ0n) is 8.80. The summed E-state index contributed by atoms with van der Waals surface area (Å²) in [6.45, 7) is 4.11. The first kappa shape index (κ1) is 9.91. The van der Waals surface area contributed by atoms with Gasteiger partial charge in [0.25, 0.3) is 0 Å². The molecular weight excluding hydrogens is 192 g/mol. The second kappa shape index (κ2) is 3.85. The molecule has 14 heavy (non-hydrogen) atoms. The van der Waals surface area contributed by atoms with Crippen LogP contribution in [0.5, 0.6) is 0 Å². The Hall–Kier alpha value is -0.630. The molecule has 0 unspecified atom stereocenters. The number of Topliss-reactive ketones (excluding diaryl/α,β-unsaturated/α-hetero) is 1. The Morgan fingerprint density at radius 3 is 2.64 bits per heavy atom. The summed E-state index contributed by atoms with van der Waals surface area (Å²) in [5.74, 6) is 1.05. The maximum Gasteiger partial charge on any atom is 0.173 e. The van der Waals surface area contributed by atoms with Gasteiger partial charge < -0.3 is 0 Å². The van der Waals surface area contributed by atoms with Gasteiger partial charge in [0.1, 0.15) is 0 Å². The molecule has 1 heterocycles. The van der Waals surface area contributed by atoms with E-state index in [4.69, 9.17) is 0 Å². The Morgan fingerprint density at radius 2 is 2.21 bits per heavy atom. The largest absolute Gasteiger partial charge is 0.293 e. The number of carbonyl (C=O) groups is 1. The number of rotatable bonds is 3. The van der Waals surface area contributed by atoms with E-state index in [0.717, 1.165) is 16.9 Å². The fraction of sp³-hybridized carbons (Fsp3) is 0.583. The van der Waals surface area contributed by atoms with E-state index >= 15 is 0 Å². The minimum absolute atomic E-state index is 0.366. The third-order valence-corrected chi connectivity index (χ3v) is 4.19. The summed E-state index contributed by atoms with van der Waals surface area (Å²) in [5, 5.41) is 0. The number of hydrogen-bond acceptors (Lipinski definition) is 2. The van der Waals surface area contributed by atoms with Crippen LogP contribution in [0.25, 0.3) is 0 Å². The summed E-state index contributed by atoms with van der Waals surface area (Å²) in [5.41, 5.74) is 1.16. The van der Waals surface area contributed by atoms with E-state index in [1.54, 1.807) is 11.3 Å². The lowest BCUT2D eigenvalue weighted by Gasteiger charge is -2.24. The highest BCUT2D eigenvalue weighted by atomic mass is 32.1. The maximum absolute atomic E-state index is 11.9. The van der Waals surface area contributed by atoms with Crippen LogP contribution < -0.4 is 0 Å². The SMILES string of the molecule is Cc1cc(C)c(C(=O)CC2CCC2)s1. The maximum atomic E-state index is 11.9. The summed E-state index contributed by atoms with van der Waals surface area (Å²) in [6, 6.07) is 2.11. The van der Waals surface area contributed by atoms with E-state index in [2.05, 4.69) is 13.0 Å². The summed E-state index contributed by atoms with van der Waals surface area (Å²) in [7, 11) is 0. The fourth-order valence-electron chi connectivity index (χ4n) is 1.97. The molecule has 1 nitrogen and oxygen atoms in total. The molecule has 0 N–H and O–H groups in total. The predicted molar refractivity (Wildman–Crippen MR) is 60.1 cm³/mol. The molecule has 0 radical (unpaired) electrons. The quantitative estimate of drug-likeness (QED) is 0.692. The number of hydrogen-bond donors (Lipinski definition) is 0. The van der Waals surface area contributed by atoms with Crippen LogP contribution in [-0.2, 0) is 0 Å². The predicted octanol–water partition coefficient (Wildman–Crippen LogP) is 3.74. The van der Waals surface area contributed by atoms with Crippen molar-refractivity contribution < 1.29 is 4.79 Å². The smallest absolute Gasteiger partial charge is 0.173 e. The molecule has 1 aromatic heterocycles. The van der Waals surface area contributed by atoms with Crippen LogP contribution in [0.4, 0.5) is 0 Å². The number of ketones is 1. The molecule has 1 aromatic rings. The van der Waals surface area contributed by atoms with Crippen LogP contribution >= 0.6 is 11.3 Å². The molecule has 0 aliphatic heterocycles. The van der Waals surface area contributed by atoms with Gasteiger partial charge in [0.15, 0.2) is 5.78 Å². The fourth-order valence-corrected chi connectivity index (χ4v) is 2.94. The van der Waals surface area contributed by atoms with Crippen molar-refractivity contribution in [3.05, 3.63) is 21.4 Å². The lowest BCUT2D eigenvalue weighted by Crippen LogP contribution is -2.15. The summed E-state index contributed by atoms with van der Waals surface area (Å²) in [6.07, 6.45) is 4.62. The molecule has 0 atom stereocenters. The molecule has 1 aliphatic carbocycles. The first-order valence-electron chi connectivity index (χ1n) is 5.27. The van der Waals surface area contributed by atoms with Gasteiger partial charge in [0, 0.05) is 11.3 Å². The molecule has 0 aromatic carbocycles. The first-order valence-corrected chi connectivity index (χ1v) is 6.08. The zero-order valence-corrected chi connectivity index (χ0v) is 9.62. The van der Waals surface area contributed by atoms with Crippen molar-refractivity contribution in [1.29, 1.82) is 0 Å². The van der Waals surface area contributed by atoms with Crippen molar-refractivity contribution >= 4 is 17.1 Å². The third kappa shape index (κ3) is 1.90. The minimum atomic E-state index is 0.366. The summed E-state index contributed by atoms with van der Waals surface area (Å²) < 4.78 is 0. The van der Waals surface area contributed by atoms with Crippen molar-refractivity contribution in [2.75, 3.05) is 0 Å². The minimum Gasteiger partial charge on any atom is -0.293 e. The molecule has 0 amide bonds. The van der Waals surface area contributed by atoms with Gasteiger partial charge in [-0.1, -0.05) is 19.3 Å². The van der Waals surface area contributed by atoms with E-state index < -0.39 is 0 Å². The van der Waals surface area contributed by atoms with E-state index in [1.165, 1.54) is 24.1 Å². The molecule has 1 fully saturated rings. The Bertz CT molecular complexity index is 347. The first-order chi connectivity index (χ1) is 6.66. The standard InChI is InChI=1S/C12H16OS/c1-8-6-9(2)14-12(8)11(13)7-10-4-3-5-10/h6,10H,3-5,7H2,1-2H3. The third-order valence-electron chi connectivity index (χ3n) is 2.99. The normalized spacial score (nSPS) is 16.7. The summed E-state index contributed by atoms with van der Waals surface area (Å²) in [4.78, 5) is 14.1. The van der Waals surface area contributed by atoms with Crippen molar-refractivity contribution in [3.63, 3.8) is 0 Å². The molecule has 76 valence electrons. The number of aryl methyl sites for hydroxylation is 2. The van der Waals surface area contributed by atoms with Crippen molar-refractivity contribution in [2.45, 2.75) is 39.5 Å². The summed E-state index contributed by atoms with van der Waals surface area (Å²) >= 11 is 1.65. The average molecular weight is 208 g/mol. The van der Waals surface area contributed by atoms with Gasteiger partial charge in [0.05, 0.1) is 4.88 Å². The van der Waals surface area contributed by atoms with Gasteiger partial charge in [-0.3, -0.25) is 4.79 Å². The van der Waals surface area contributed by atoms with Crippen LogP contribution in [0.3, 0.4) is 0 Å². The number of carbonyl (C=O) groups excluding carboxylic acids is 1. The lowest BCUT2D eigenvalue weighted by molar-refractivity contribution is 0.0940. The second-order valence-corrected chi connectivity index (χ2v) is 5.55. The lowest BCUT2D eigenvalue weighted by atomic mass is 9.81. The van der Waals surface area contributed by atoms with Crippen molar-refractivity contribution in [1.82, 2.24) is 0 Å². The van der Waals surface area contributed by atoms with E-state index in [-0.39, 0.29) is 0 Å². The van der Waals surface area contributed by atoms with Gasteiger partial charge >= 0.3 is 0 Å². The Balaban J connectivity index is 2.06. The molecule has 0 spiro atoms. The highest BCUT2D eigenvalue weighted by molar-refractivity contribution is 7.14. The van der Waals surface area contributed by atoms with E-state index in [9.17, 15) is 4.79 Å². The molecule has 2 heteroatoms. The van der Waals surface area contributed by atoms with E-state index in [1.807, 2.05) is 6.92 Å². The van der Waals surface area contributed by atoms with Crippen LogP contribution in [0.2, 0.25) is 0 Å². The molecule has 2 rings (SSSR count). The van der Waals surface area contributed by atoms with Gasteiger partial charge in [-0.2, -0.15) is 0 Å². The molecule has 1 aliphatic rings. The molecular formula is C12H16OS. The topological polar surface area (TPSA) is 17.1 Å². The van der Waals surface area contributed by atoms with Crippen LogP contribution in [0.15, 0.2) is 6.07 Å². The van der Waals surface area contributed by atoms with Crippen LogP contribution in [0.1, 0.15) is 45.8 Å². The van der Waals surface area contributed by atoms with Gasteiger partial charge in [0.2, 0.25) is 0 Å². The van der Waals surface area contributed by atoms with Crippen LogP contribution in [-0.4, -0.2) is 5.78 Å². The molecule has 0 bridgehead atoms. The number of thiophene rings is 1. The molecule has 1 saturated carbocycles. The monoisotopic (exact) mass is 208 g/mol.